The molecule has 2 radical (unpaired) electrons. The lowest BCUT2D eigenvalue weighted by Crippen LogP contribution is -2.63. The number of rotatable bonds is 19. The minimum atomic E-state index is -1.80. The number of aliphatic hydroxyl groups is 7. The van der Waals surface area contributed by atoms with Crippen LogP contribution in [0.15, 0.2) is 6.20 Å². The second-order valence-corrected chi connectivity index (χ2v) is 12.6. The molecule has 2 aliphatic heterocycles. The van der Waals surface area contributed by atoms with Crippen LogP contribution in [0.2, 0.25) is 0 Å². The van der Waals surface area contributed by atoms with E-state index in [1.807, 2.05) is 0 Å². The Morgan fingerprint density at radius 1 is 1.00 bits per heavy atom. The number of nitrogens with one attached hydrogen (secondary N) is 2. The maximum atomic E-state index is 13.1. The third-order valence-corrected chi connectivity index (χ3v) is 8.97. The molecule has 17 nitrogen and oxygen atoms in total. The number of carbonyl (C=O) groups is 2. The van der Waals surface area contributed by atoms with E-state index in [4.69, 9.17) is 14.2 Å². The number of nitrogens with zero attached hydrogens (tertiary/aromatic N) is 3. The Morgan fingerprint density at radius 2 is 1.70 bits per heavy atom. The number of aliphatic hydroxyl groups excluding tert-OH is 7. The lowest BCUT2D eigenvalue weighted by Gasteiger charge is -2.45. The Bertz CT molecular complexity index is 1080. The van der Waals surface area contributed by atoms with Gasteiger partial charge in [0.1, 0.15) is 54.9 Å². The van der Waals surface area contributed by atoms with Crippen LogP contribution in [0.25, 0.3) is 0 Å². The maximum Gasteiger partial charge on any atom is 0.249 e. The van der Waals surface area contributed by atoms with Gasteiger partial charge in [0, 0.05) is 12.2 Å². The number of ether oxygens (including phenoxy) is 3. The normalized spacial score (nSPS) is 31.8. The average Bonchev–Trinajstić information content (AvgIpc) is 3.52. The van der Waals surface area contributed by atoms with Gasteiger partial charge in [-0.1, -0.05) is 44.2 Å². The molecule has 47 heavy (non-hydrogen) atoms. The van der Waals surface area contributed by atoms with Crippen LogP contribution in [0.4, 0.5) is 5.82 Å². The van der Waals surface area contributed by atoms with Gasteiger partial charge in [-0.05, 0) is 25.5 Å². The van der Waals surface area contributed by atoms with Gasteiger partial charge >= 0.3 is 0 Å². The molecule has 2 saturated heterocycles. The Morgan fingerprint density at radius 3 is 2.38 bits per heavy atom. The van der Waals surface area contributed by atoms with Gasteiger partial charge in [-0.3, -0.25) is 9.59 Å². The highest BCUT2D eigenvalue weighted by Crippen LogP contribution is 2.32. The molecule has 0 aliphatic carbocycles. The molecule has 268 valence electrons. The summed E-state index contributed by atoms with van der Waals surface area (Å²) in [4.78, 5) is 25.7. The zero-order valence-corrected chi connectivity index (χ0v) is 27.2. The summed E-state index contributed by atoms with van der Waals surface area (Å²) in [5.41, 5.74) is 0. The Kier molecular flexibility index (Phi) is 16.7. The van der Waals surface area contributed by atoms with E-state index in [2.05, 4.69) is 34.8 Å². The predicted octanol–water partition coefficient (Wildman–Crippen LogP) is -1.98. The Balaban J connectivity index is 1.62. The summed E-state index contributed by atoms with van der Waals surface area (Å²) in [6, 6.07) is -0.880. The van der Waals surface area contributed by atoms with Crippen molar-refractivity contribution in [2.45, 2.75) is 119 Å². The van der Waals surface area contributed by atoms with Crippen molar-refractivity contribution in [1.82, 2.24) is 20.3 Å². The molecule has 2 aliphatic rings. The van der Waals surface area contributed by atoms with E-state index in [0.29, 0.717) is 12.2 Å². The second-order valence-electron chi connectivity index (χ2n) is 11.6. The summed E-state index contributed by atoms with van der Waals surface area (Å²) in [7, 11) is 0. The fourth-order valence-electron chi connectivity index (χ4n) is 5.24. The average molecular weight is 692 g/mol. The zero-order chi connectivity index (χ0) is 34.5. The van der Waals surface area contributed by atoms with Crippen molar-refractivity contribution in [3.63, 3.8) is 0 Å². The van der Waals surface area contributed by atoms with Crippen LogP contribution < -0.4 is 10.6 Å². The second kappa shape index (κ2) is 19.9. The molecule has 11 atom stereocenters. The lowest BCUT2D eigenvalue weighted by atomic mass is 9.96. The van der Waals surface area contributed by atoms with E-state index in [9.17, 15) is 45.3 Å². The molecule has 3 heterocycles. The number of thioether (sulfide) groups is 1. The van der Waals surface area contributed by atoms with Gasteiger partial charge in [0.2, 0.25) is 11.8 Å². The van der Waals surface area contributed by atoms with Crippen LogP contribution >= 0.6 is 11.8 Å². The fourth-order valence-corrected chi connectivity index (χ4v) is 6.02. The van der Waals surface area contributed by atoms with E-state index in [1.54, 1.807) is 6.42 Å². The molecule has 0 spiro atoms. The van der Waals surface area contributed by atoms with Gasteiger partial charge in [-0.2, -0.15) is 11.8 Å². The topological polar surface area (TPSA) is 258 Å². The number of carbonyl (C=O) groups excluding carboxylic acids is 2. The molecule has 2 fully saturated rings. The summed E-state index contributed by atoms with van der Waals surface area (Å²) < 4.78 is 17.6. The van der Waals surface area contributed by atoms with Gasteiger partial charge in [0.05, 0.1) is 19.4 Å². The number of anilines is 1. The molecule has 1 aromatic rings. The molecule has 9 unspecified atom stereocenters. The van der Waals surface area contributed by atoms with Crippen molar-refractivity contribution in [2.24, 2.45) is 0 Å². The minimum Gasteiger partial charge on any atom is -0.394 e. The van der Waals surface area contributed by atoms with E-state index in [1.165, 1.54) is 18.0 Å². The molecular weight excluding hydrogens is 642 g/mol. The number of aromatic nitrogens is 3. The molecule has 3 rings (SSSR count). The molecular formula is C29H49N5O12S. The molecule has 9 N–H and O–H groups in total. The summed E-state index contributed by atoms with van der Waals surface area (Å²) >= 11 is 1.41. The minimum absolute atomic E-state index is 0.0376. The van der Waals surface area contributed by atoms with Gasteiger partial charge < -0.3 is 60.6 Å². The number of unbranched alkanes of at least 4 members (excludes halogenated alkanes) is 5. The van der Waals surface area contributed by atoms with E-state index < -0.39 is 86.5 Å². The first-order chi connectivity index (χ1) is 22.6. The lowest BCUT2D eigenvalue weighted by molar-refractivity contribution is -0.347. The van der Waals surface area contributed by atoms with E-state index >= 15 is 0 Å². The van der Waals surface area contributed by atoms with Crippen LogP contribution in [0, 0.1) is 13.3 Å². The monoisotopic (exact) mass is 691 g/mol. The highest BCUT2D eigenvalue weighted by Gasteiger charge is 2.51. The number of hydrogen-bond acceptors (Lipinski definition) is 15. The zero-order valence-electron chi connectivity index (χ0n) is 26.4. The summed E-state index contributed by atoms with van der Waals surface area (Å²) in [5.74, 6) is 0.0193. The third-order valence-electron chi connectivity index (χ3n) is 7.93. The first-order valence-electron chi connectivity index (χ1n) is 15.8. The van der Waals surface area contributed by atoms with Crippen molar-refractivity contribution in [2.75, 3.05) is 30.0 Å². The van der Waals surface area contributed by atoms with E-state index in [-0.39, 0.29) is 17.5 Å². The van der Waals surface area contributed by atoms with Crippen LogP contribution in [0.3, 0.4) is 0 Å². The fraction of sp³-hybridized carbons (Fsp3) is 0.793. The van der Waals surface area contributed by atoms with Crippen LogP contribution in [0.1, 0.15) is 58.1 Å². The van der Waals surface area contributed by atoms with Crippen molar-refractivity contribution in [1.29, 1.82) is 0 Å². The SMILES string of the molecule is [CH2][CH]CSC[C@@H](NC(=O)CCCCCCCC)C(=O)Nc1cn([C@@H]2OC(CO)C(OC3OC(CO)C(O)C(O)C3O)C(O)C2O)nn1. The van der Waals surface area contributed by atoms with Crippen LogP contribution in [0.5, 0.6) is 0 Å². The first kappa shape index (κ1) is 39.5. The molecule has 2 amide bonds. The Labute approximate surface area is 278 Å². The van der Waals surface area contributed by atoms with Crippen molar-refractivity contribution < 1.29 is 59.5 Å². The summed E-state index contributed by atoms with van der Waals surface area (Å²) in [6.45, 7) is 4.36. The Hall–Kier alpha value is -1.97. The molecule has 0 bridgehead atoms. The van der Waals surface area contributed by atoms with E-state index in [0.717, 1.165) is 43.2 Å². The molecule has 18 heteroatoms. The largest absolute Gasteiger partial charge is 0.394 e. The highest BCUT2D eigenvalue weighted by molar-refractivity contribution is 7.99. The van der Waals surface area contributed by atoms with Crippen molar-refractivity contribution >= 4 is 29.4 Å². The van der Waals surface area contributed by atoms with Gasteiger partial charge in [0.25, 0.3) is 0 Å². The van der Waals surface area contributed by atoms with Gasteiger partial charge in [-0.15, -0.1) is 5.10 Å². The first-order valence-corrected chi connectivity index (χ1v) is 17.0. The summed E-state index contributed by atoms with van der Waals surface area (Å²) in [6.07, 6.45) is -6.52. The highest BCUT2D eigenvalue weighted by atomic mass is 32.2. The predicted molar refractivity (Wildman–Crippen MR) is 167 cm³/mol. The van der Waals surface area contributed by atoms with Gasteiger partial charge in [0.15, 0.2) is 18.3 Å². The smallest absolute Gasteiger partial charge is 0.249 e. The maximum absolute atomic E-state index is 13.1. The quantitative estimate of drug-likeness (QED) is 0.0713. The summed E-state index contributed by atoms with van der Waals surface area (Å²) in [5, 5.41) is 84.7. The van der Waals surface area contributed by atoms with Crippen molar-refractivity contribution in [3.05, 3.63) is 19.5 Å². The van der Waals surface area contributed by atoms with Gasteiger partial charge in [-0.25, -0.2) is 4.68 Å². The van der Waals surface area contributed by atoms with Crippen molar-refractivity contribution in [3.8, 4) is 0 Å². The molecule has 1 aromatic heterocycles. The number of amides is 2. The molecule has 0 aromatic carbocycles. The molecule has 0 saturated carbocycles. The van der Waals surface area contributed by atoms with Crippen LogP contribution in [-0.2, 0) is 23.8 Å². The number of hydrogen-bond donors (Lipinski definition) is 9. The standard InChI is InChI=1S/C29H49N5O12S/c1-3-5-6-7-8-9-10-20(37)30-16(15-47-11-4-2)27(43)31-19-12-34(33-32-19)28-24(41)23(40)26(18(14-36)44-28)46-29-25(42)22(39)21(38)17(13-35)45-29/h4,12,16-18,21-26,28-29,35-36,38-42H,2-3,5-11,13-15H2,1H3,(H,30,37)(H,31,43)/t16-,17?,18?,21?,22?,23?,24?,25?,26?,28-,29?/m1/s1. The van der Waals surface area contributed by atoms with Crippen LogP contribution in [-0.4, -0.2) is 148 Å². The third kappa shape index (κ3) is 11.0.